The molecule has 0 fully saturated rings. The van der Waals surface area contributed by atoms with Crippen molar-refractivity contribution in [1.82, 2.24) is 9.23 Å². The third-order valence-electron chi connectivity index (χ3n) is 1.44. The third kappa shape index (κ3) is 3.86. The second-order valence-electron chi connectivity index (χ2n) is 2.46. The molecule has 4 nitrogen and oxygen atoms in total. The number of hydrogen-bond acceptors (Lipinski definition) is 3. The molecule has 0 radical (unpaired) electrons. The van der Waals surface area contributed by atoms with Crippen LogP contribution in [0, 0.1) is 0 Å². The zero-order valence-electron chi connectivity index (χ0n) is 8.92. The van der Waals surface area contributed by atoms with E-state index in [1.54, 1.807) is 0 Å². The van der Waals surface area contributed by atoms with Gasteiger partial charge in [-0.05, 0) is 23.9 Å². The molecule has 0 aliphatic carbocycles. The third-order valence-corrected chi connectivity index (χ3v) is 3.05. The molecule has 0 aliphatic heterocycles. The summed E-state index contributed by atoms with van der Waals surface area (Å²) in [6, 6.07) is 1.32. The quantitative estimate of drug-likeness (QED) is 0.540. The molecular weight excluding hydrogens is 280 g/mol. The summed E-state index contributed by atoms with van der Waals surface area (Å²) in [4.78, 5) is 3.13. The molecule has 0 aliphatic rings. The van der Waals surface area contributed by atoms with Crippen LogP contribution in [0.2, 0.25) is 0 Å². The summed E-state index contributed by atoms with van der Waals surface area (Å²) in [7, 11) is -4.02. The Kier molecular flexibility index (Phi) is 5.70. The first-order chi connectivity index (χ1) is 6.77. The van der Waals surface area contributed by atoms with Crippen LogP contribution in [0.15, 0.2) is 23.4 Å². The van der Waals surface area contributed by atoms with Crippen molar-refractivity contribution in [3.05, 3.63) is 23.9 Å². The van der Waals surface area contributed by atoms with E-state index in [2.05, 4.69) is 4.98 Å². The molecule has 0 spiro atoms. The molecule has 0 saturated heterocycles. The molecule has 0 unspecified atom stereocenters. The summed E-state index contributed by atoms with van der Waals surface area (Å²) in [5.41, 5.74) is -1.03. The predicted molar refractivity (Wildman–Crippen MR) is 46.5 cm³/mol. The van der Waals surface area contributed by atoms with Crippen molar-refractivity contribution in [3.8, 4) is 0 Å². The number of pyridine rings is 1. The Morgan fingerprint density at radius 3 is 2.25 bits per heavy atom. The van der Waals surface area contributed by atoms with Gasteiger partial charge in [0.2, 0.25) is 0 Å². The van der Waals surface area contributed by atoms with Gasteiger partial charge in [0.25, 0.3) is 10.0 Å². The molecule has 0 aromatic carbocycles. The molecule has 86 valence electrons. The van der Waals surface area contributed by atoms with Gasteiger partial charge in [0.05, 0.1) is 5.56 Å². The van der Waals surface area contributed by atoms with Gasteiger partial charge in [0.1, 0.15) is 0 Å². The Hall–Kier alpha value is 0.140. The number of hydrogen-bond donors (Lipinski definition) is 1. The number of nitrogens with zero attached hydrogens (tertiary/aromatic N) is 1. The molecule has 0 amide bonds. The number of rotatable bonds is 2. The average Bonchev–Trinajstić information content (AvgIpc) is 2.17. The van der Waals surface area contributed by atoms with Crippen LogP contribution < -0.4 is 33.8 Å². The van der Waals surface area contributed by atoms with Crippen molar-refractivity contribution in [3.63, 3.8) is 0 Å². The van der Waals surface area contributed by atoms with E-state index in [9.17, 15) is 21.6 Å². The van der Waals surface area contributed by atoms with Gasteiger partial charge < -0.3 is 1.43 Å². The van der Waals surface area contributed by atoms with E-state index in [1.165, 1.54) is 4.24 Å². The largest absolute Gasteiger partial charge is 1.00 e. The smallest absolute Gasteiger partial charge is 1.00 e. The molecule has 1 N–H and O–H groups in total. The van der Waals surface area contributed by atoms with E-state index in [-0.39, 0.29) is 31.0 Å². The van der Waals surface area contributed by atoms with E-state index < -0.39 is 26.8 Å². The summed E-state index contributed by atoms with van der Waals surface area (Å²) in [5.74, 6) is 0. The van der Waals surface area contributed by atoms with E-state index in [0.29, 0.717) is 18.3 Å². The Labute approximate surface area is 118 Å². The van der Waals surface area contributed by atoms with Crippen LogP contribution in [-0.2, 0) is 16.2 Å². The van der Waals surface area contributed by atoms with Crippen molar-refractivity contribution in [2.75, 3.05) is 0 Å². The topological polar surface area (TPSA) is 59.1 Å². The standard InChI is InChI=1S/C6H4ClF3N2O2S.Na.H/c7-12-15(13,14)5-2-1-4(3-11-5)6(8,9)10;;/h1-3,12H;;/q;+1;-1. The minimum absolute atomic E-state index is 0. The van der Waals surface area contributed by atoms with Gasteiger partial charge >= 0.3 is 35.7 Å². The van der Waals surface area contributed by atoms with Gasteiger partial charge in [0.15, 0.2) is 5.03 Å². The monoisotopic (exact) mass is 284 g/mol. The van der Waals surface area contributed by atoms with Crippen LogP contribution in [0.1, 0.15) is 6.99 Å². The van der Waals surface area contributed by atoms with Crippen LogP contribution in [0.3, 0.4) is 0 Å². The molecular formula is C6H5ClF3N2NaO2S. The normalized spacial score (nSPS) is 12.0. The molecule has 16 heavy (non-hydrogen) atoms. The Balaban J connectivity index is 0. The van der Waals surface area contributed by atoms with Gasteiger partial charge in [0, 0.05) is 6.20 Å². The van der Waals surface area contributed by atoms with E-state index >= 15 is 0 Å². The Bertz CT molecular complexity index is 453. The van der Waals surface area contributed by atoms with Crippen molar-refractivity contribution in [1.29, 1.82) is 0 Å². The van der Waals surface area contributed by atoms with Gasteiger partial charge in [-0.1, -0.05) is 0 Å². The maximum Gasteiger partial charge on any atom is 1.00 e. The maximum atomic E-state index is 12.1. The molecule has 0 atom stereocenters. The SMILES string of the molecule is O=S(=O)(NCl)c1ccc(C(F)(F)F)cn1.[H-].[Na+]. The summed E-state index contributed by atoms with van der Waals surface area (Å²) >= 11 is 4.86. The van der Waals surface area contributed by atoms with Crippen LogP contribution in [-0.4, -0.2) is 13.4 Å². The molecule has 10 heteroatoms. The van der Waals surface area contributed by atoms with Gasteiger partial charge in [-0.25, -0.2) is 13.4 Å². The molecule has 1 aromatic heterocycles. The molecule has 1 rings (SSSR count). The first-order valence-electron chi connectivity index (χ1n) is 3.43. The number of sulfonamides is 1. The molecule has 1 aromatic rings. The molecule has 1 heterocycles. The Morgan fingerprint density at radius 1 is 1.38 bits per heavy atom. The molecule has 0 saturated carbocycles. The minimum Gasteiger partial charge on any atom is -1.00 e. The zero-order valence-corrected chi connectivity index (χ0v) is 11.5. The number of alkyl halides is 3. The number of halogens is 4. The first-order valence-corrected chi connectivity index (χ1v) is 5.29. The summed E-state index contributed by atoms with van der Waals surface area (Å²) in [6.07, 6.45) is -4.13. The number of nitrogens with one attached hydrogen (secondary N) is 1. The van der Waals surface area contributed by atoms with Crippen molar-refractivity contribution in [2.45, 2.75) is 11.2 Å². The van der Waals surface area contributed by atoms with Crippen LogP contribution >= 0.6 is 11.8 Å². The van der Waals surface area contributed by atoms with Gasteiger partial charge in [-0.15, -0.1) is 4.24 Å². The van der Waals surface area contributed by atoms with Crippen molar-refractivity contribution >= 4 is 21.8 Å². The van der Waals surface area contributed by atoms with Crippen LogP contribution in [0.4, 0.5) is 13.2 Å². The predicted octanol–water partition coefficient (Wildman–Crippen LogP) is -1.35. The van der Waals surface area contributed by atoms with E-state index in [1.807, 2.05) is 0 Å². The second kappa shape index (κ2) is 5.65. The Morgan fingerprint density at radius 2 is 1.94 bits per heavy atom. The average molecular weight is 285 g/mol. The molecule has 0 bridgehead atoms. The van der Waals surface area contributed by atoms with Gasteiger partial charge in [-0.2, -0.15) is 13.2 Å². The fourth-order valence-electron chi connectivity index (χ4n) is 0.746. The maximum absolute atomic E-state index is 12.1. The minimum atomic E-state index is -4.55. The zero-order chi connectivity index (χ0) is 11.7. The first kappa shape index (κ1) is 16.1. The summed E-state index contributed by atoms with van der Waals surface area (Å²) in [6.45, 7) is 0. The van der Waals surface area contributed by atoms with Gasteiger partial charge in [-0.3, -0.25) is 0 Å². The second-order valence-corrected chi connectivity index (χ2v) is 4.51. The van der Waals surface area contributed by atoms with E-state index in [0.717, 1.165) is 0 Å². The summed E-state index contributed by atoms with van der Waals surface area (Å²) < 4.78 is 59.6. The van der Waals surface area contributed by atoms with Crippen LogP contribution in [0.25, 0.3) is 0 Å². The van der Waals surface area contributed by atoms with Crippen molar-refractivity contribution in [2.24, 2.45) is 0 Å². The summed E-state index contributed by atoms with van der Waals surface area (Å²) in [5, 5.41) is -0.578. The van der Waals surface area contributed by atoms with E-state index in [4.69, 9.17) is 11.8 Å². The van der Waals surface area contributed by atoms with Crippen LogP contribution in [0.5, 0.6) is 0 Å². The number of aromatic nitrogens is 1. The fourth-order valence-corrected chi connectivity index (χ4v) is 1.50. The fraction of sp³-hybridized carbons (Fsp3) is 0.167. The van der Waals surface area contributed by atoms with Crippen molar-refractivity contribution < 1.29 is 52.6 Å².